The van der Waals surface area contributed by atoms with Crippen LogP contribution < -0.4 is 5.32 Å². The Morgan fingerprint density at radius 3 is 2.71 bits per heavy atom. The predicted molar refractivity (Wildman–Crippen MR) is 84.3 cm³/mol. The van der Waals surface area contributed by atoms with E-state index in [0.29, 0.717) is 12.0 Å². The van der Waals surface area contributed by atoms with Crippen LogP contribution in [0.4, 0.5) is 0 Å². The van der Waals surface area contributed by atoms with Crippen LogP contribution in [-0.4, -0.2) is 28.0 Å². The van der Waals surface area contributed by atoms with Crippen LogP contribution in [0, 0.1) is 5.92 Å². The lowest BCUT2D eigenvalue weighted by Crippen LogP contribution is -2.41. The maximum Gasteiger partial charge on any atom is 0.326 e. The molecule has 1 aromatic carbocycles. The van der Waals surface area contributed by atoms with Crippen molar-refractivity contribution in [3.63, 3.8) is 0 Å². The zero-order valence-corrected chi connectivity index (χ0v) is 13.4. The summed E-state index contributed by atoms with van der Waals surface area (Å²) in [7, 11) is 0. The fraction of sp³-hybridized carbons (Fsp3) is 0.333. The smallest absolute Gasteiger partial charge is 0.326 e. The number of carbonyl (C=O) groups excluding carboxylic acids is 1. The van der Waals surface area contributed by atoms with E-state index < -0.39 is 12.0 Å². The van der Waals surface area contributed by atoms with Crippen LogP contribution in [0.2, 0.25) is 0 Å². The summed E-state index contributed by atoms with van der Waals surface area (Å²) in [5.74, 6) is -1.22. The number of rotatable bonds is 5. The molecule has 21 heavy (non-hydrogen) atoms. The van der Waals surface area contributed by atoms with Gasteiger partial charge in [0.1, 0.15) is 6.04 Å². The van der Waals surface area contributed by atoms with Gasteiger partial charge in [-0.2, -0.15) is 0 Å². The molecular weight excluding hydrogens is 336 g/mol. The number of aliphatic carboxylic acids is 1. The van der Waals surface area contributed by atoms with Crippen molar-refractivity contribution < 1.29 is 14.7 Å². The van der Waals surface area contributed by atoms with Crippen molar-refractivity contribution in [3.8, 4) is 0 Å². The Labute approximate surface area is 130 Å². The average Bonchev–Trinajstić information content (AvgIpc) is 2.82. The van der Waals surface area contributed by atoms with Crippen molar-refractivity contribution >= 4 is 38.7 Å². The van der Waals surface area contributed by atoms with Gasteiger partial charge in [0.2, 0.25) is 0 Å². The quantitative estimate of drug-likeness (QED) is 0.772. The molecule has 0 aliphatic rings. The fourth-order valence-corrected chi connectivity index (χ4v) is 2.83. The standard InChI is InChI=1S/C15H17BrN2O3/c1-8(2)6-12(15(20)21)18-14(19)9-7-17-11-5-3-4-10(16)13(9)11/h3-5,7-8,12,17H,6H2,1-2H3,(H,18,19)(H,20,21). The number of aromatic nitrogens is 1. The Hall–Kier alpha value is -1.82. The molecular formula is C15H17BrN2O3. The van der Waals surface area contributed by atoms with E-state index in [1.165, 1.54) is 0 Å². The highest BCUT2D eigenvalue weighted by atomic mass is 79.9. The normalized spacial score (nSPS) is 12.6. The molecule has 0 saturated heterocycles. The lowest BCUT2D eigenvalue weighted by molar-refractivity contribution is -0.139. The van der Waals surface area contributed by atoms with Gasteiger partial charge in [0.15, 0.2) is 0 Å². The molecule has 1 amide bonds. The fourth-order valence-electron chi connectivity index (χ4n) is 2.25. The summed E-state index contributed by atoms with van der Waals surface area (Å²) < 4.78 is 0.794. The third kappa shape index (κ3) is 3.44. The first-order valence-corrected chi connectivity index (χ1v) is 7.48. The number of amides is 1. The van der Waals surface area contributed by atoms with E-state index in [-0.39, 0.29) is 11.8 Å². The Morgan fingerprint density at radius 1 is 1.38 bits per heavy atom. The SMILES string of the molecule is CC(C)CC(NC(=O)c1c[nH]c2cccc(Br)c12)C(=O)O. The molecule has 1 unspecified atom stereocenters. The lowest BCUT2D eigenvalue weighted by Gasteiger charge is -2.16. The van der Waals surface area contributed by atoms with Gasteiger partial charge in [-0.1, -0.05) is 35.8 Å². The summed E-state index contributed by atoms with van der Waals surface area (Å²) in [6, 6.07) is 4.68. The van der Waals surface area contributed by atoms with E-state index in [0.717, 1.165) is 15.4 Å². The zero-order valence-electron chi connectivity index (χ0n) is 11.8. The summed E-state index contributed by atoms with van der Waals surface area (Å²) in [4.78, 5) is 26.6. The number of halogens is 1. The minimum Gasteiger partial charge on any atom is -0.480 e. The van der Waals surface area contributed by atoms with Crippen LogP contribution in [0.1, 0.15) is 30.6 Å². The number of nitrogens with one attached hydrogen (secondary N) is 2. The van der Waals surface area contributed by atoms with Crippen molar-refractivity contribution in [2.45, 2.75) is 26.3 Å². The molecule has 0 aliphatic heterocycles. The third-order valence-corrected chi connectivity index (χ3v) is 3.87. The number of carboxylic acid groups (broad SMARTS) is 1. The first-order chi connectivity index (χ1) is 9.90. The summed E-state index contributed by atoms with van der Waals surface area (Å²) in [5.41, 5.74) is 1.26. The van der Waals surface area contributed by atoms with Gasteiger partial charge < -0.3 is 15.4 Å². The van der Waals surface area contributed by atoms with E-state index in [1.54, 1.807) is 6.20 Å². The van der Waals surface area contributed by atoms with Crippen molar-refractivity contribution in [1.29, 1.82) is 0 Å². The van der Waals surface area contributed by atoms with Gasteiger partial charge in [0, 0.05) is 21.6 Å². The predicted octanol–water partition coefficient (Wildman–Crippen LogP) is 3.16. The molecule has 112 valence electrons. The van der Waals surface area contributed by atoms with Crippen molar-refractivity contribution in [3.05, 3.63) is 34.4 Å². The number of aromatic amines is 1. The number of H-pyrrole nitrogens is 1. The van der Waals surface area contributed by atoms with Crippen molar-refractivity contribution in [2.75, 3.05) is 0 Å². The Morgan fingerprint density at radius 2 is 2.10 bits per heavy atom. The van der Waals surface area contributed by atoms with Gasteiger partial charge in [-0.05, 0) is 24.5 Å². The van der Waals surface area contributed by atoms with Gasteiger partial charge in [0.25, 0.3) is 5.91 Å². The van der Waals surface area contributed by atoms with Crippen LogP contribution in [0.25, 0.3) is 10.9 Å². The molecule has 0 fully saturated rings. The summed E-state index contributed by atoms with van der Waals surface area (Å²) >= 11 is 3.41. The average molecular weight is 353 g/mol. The van der Waals surface area contributed by atoms with Crippen LogP contribution >= 0.6 is 15.9 Å². The largest absolute Gasteiger partial charge is 0.480 e. The highest BCUT2D eigenvalue weighted by Gasteiger charge is 2.23. The van der Waals surface area contributed by atoms with E-state index in [2.05, 4.69) is 26.2 Å². The molecule has 0 spiro atoms. The molecule has 1 heterocycles. The molecule has 3 N–H and O–H groups in total. The Bertz CT molecular complexity index is 679. The van der Waals surface area contributed by atoms with Gasteiger partial charge >= 0.3 is 5.97 Å². The van der Waals surface area contributed by atoms with Crippen LogP contribution in [-0.2, 0) is 4.79 Å². The number of benzene rings is 1. The molecule has 0 saturated carbocycles. The zero-order chi connectivity index (χ0) is 15.6. The molecule has 2 aromatic rings. The third-order valence-electron chi connectivity index (χ3n) is 3.21. The lowest BCUT2D eigenvalue weighted by atomic mass is 10.0. The first-order valence-electron chi connectivity index (χ1n) is 6.69. The van der Waals surface area contributed by atoms with Crippen molar-refractivity contribution in [1.82, 2.24) is 10.3 Å². The monoisotopic (exact) mass is 352 g/mol. The molecule has 0 radical (unpaired) electrons. The minimum atomic E-state index is -1.02. The molecule has 0 bridgehead atoms. The van der Waals surface area contributed by atoms with E-state index in [4.69, 9.17) is 0 Å². The number of carboxylic acids is 1. The number of hydrogen-bond donors (Lipinski definition) is 3. The minimum absolute atomic E-state index is 0.182. The maximum absolute atomic E-state index is 12.4. The second-order valence-corrected chi connectivity index (χ2v) is 6.21. The van der Waals surface area contributed by atoms with Crippen LogP contribution in [0.3, 0.4) is 0 Å². The van der Waals surface area contributed by atoms with E-state index in [9.17, 15) is 14.7 Å². The molecule has 0 aliphatic carbocycles. The van der Waals surface area contributed by atoms with Crippen molar-refractivity contribution in [2.24, 2.45) is 5.92 Å². The van der Waals surface area contributed by atoms with E-state index in [1.807, 2.05) is 32.0 Å². The van der Waals surface area contributed by atoms with Crippen LogP contribution in [0.15, 0.2) is 28.9 Å². The Kier molecular flexibility index (Phi) is 4.67. The Balaban J connectivity index is 2.28. The molecule has 6 heteroatoms. The number of carbonyl (C=O) groups is 2. The number of fused-ring (bicyclic) bond motifs is 1. The van der Waals surface area contributed by atoms with Gasteiger partial charge in [-0.3, -0.25) is 4.79 Å². The summed E-state index contributed by atoms with van der Waals surface area (Å²) in [6.07, 6.45) is 1.99. The summed E-state index contributed by atoms with van der Waals surface area (Å²) in [5, 5.41) is 12.5. The maximum atomic E-state index is 12.4. The molecule has 5 nitrogen and oxygen atoms in total. The van der Waals surface area contributed by atoms with Gasteiger partial charge in [-0.15, -0.1) is 0 Å². The van der Waals surface area contributed by atoms with E-state index >= 15 is 0 Å². The molecule has 2 rings (SSSR count). The highest BCUT2D eigenvalue weighted by molar-refractivity contribution is 9.10. The first kappa shape index (κ1) is 15.6. The van der Waals surface area contributed by atoms with Gasteiger partial charge in [-0.25, -0.2) is 4.79 Å². The summed E-state index contributed by atoms with van der Waals surface area (Å²) in [6.45, 7) is 3.84. The highest BCUT2D eigenvalue weighted by Crippen LogP contribution is 2.27. The van der Waals surface area contributed by atoms with Crippen LogP contribution in [0.5, 0.6) is 0 Å². The number of hydrogen-bond acceptors (Lipinski definition) is 2. The van der Waals surface area contributed by atoms with Gasteiger partial charge in [0.05, 0.1) is 5.56 Å². The second kappa shape index (κ2) is 6.30. The molecule has 1 aromatic heterocycles. The topological polar surface area (TPSA) is 82.2 Å². The molecule has 1 atom stereocenters. The second-order valence-electron chi connectivity index (χ2n) is 5.36.